The molecule has 2 aliphatic rings. The number of carbonyl (C=O) groups excluding carboxylic acids is 1. The van der Waals surface area contributed by atoms with Gasteiger partial charge in [0.15, 0.2) is 0 Å². The first-order chi connectivity index (χ1) is 12.1. The van der Waals surface area contributed by atoms with Crippen LogP contribution in [-0.2, 0) is 4.74 Å². The molecule has 2 saturated heterocycles. The van der Waals surface area contributed by atoms with Gasteiger partial charge in [0, 0.05) is 45.0 Å². The monoisotopic (exact) mass is 345 g/mol. The third-order valence-electron chi connectivity index (χ3n) is 4.99. The predicted octanol–water partition coefficient (Wildman–Crippen LogP) is 2.33. The summed E-state index contributed by atoms with van der Waals surface area (Å²) in [7, 11) is 0. The van der Waals surface area contributed by atoms with Gasteiger partial charge < -0.3 is 19.4 Å². The summed E-state index contributed by atoms with van der Waals surface area (Å²) in [5.74, 6) is 0.845. The van der Waals surface area contributed by atoms with Crippen molar-refractivity contribution in [2.75, 3.05) is 63.9 Å². The predicted molar refractivity (Wildman–Crippen MR) is 101 cm³/mol. The fourth-order valence-corrected chi connectivity index (χ4v) is 3.78. The van der Waals surface area contributed by atoms with Gasteiger partial charge in [-0.2, -0.15) is 0 Å². The van der Waals surface area contributed by atoms with E-state index in [2.05, 4.69) is 29.7 Å². The summed E-state index contributed by atoms with van der Waals surface area (Å²) < 4.78 is 5.46. The maximum atomic E-state index is 13.2. The highest BCUT2D eigenvalue weighted by Gasteiger charge is 2.24. The second kappa shape index (κ2) is 8.68. The van der Waals surface area contributed by atoms with Gasteiger partial charge in [0.2, 0.25) is 0 Å². The number of benzene rings is 1. The smallest absolute Gasteiger partial charge is 0.256 e. The third-order valence-corrected chi connectivity index (χ3v) is 4.99. The number of ether oxygens (including phenoxy) is 1. The van der Waals surface area contributed by atoms with Gasteiger partial charge in [-0.15, -0.1) is 0 Å². The molecule has 0 unspecified atom stereocenters. The molecule has 5 nitrogen and oxygen atoms in total. The lowest BCUT2D eigenvalue weighted by atomic mass is 10.1. The molecule has 2 heterocycles. The Kier molecular flexibility index (Phi) is 6.32. The minimum atomic E-state index is 0.175. The second-order valence-corrected chi connectivity index (χ2v) is 7.46. The Morgan fingerprint density at radius 1 is 1.04 bits per heavy atom. The maximum Gasteiger partial charge on any atom is 0.256 e. The van der Waals surface area contributed by atoms with Gasteiger partial charge in [0.05, 0.1) is 18.8 Å². The average Bonchev–Trinajstić information content (AvgIpc) is 2.87. The normalized spacial score (nSPS) is 20.0. The van der Waals surface area contributed by atoms with Crippen LogP contribution in [0.1, 0.15) is 30.6 Å². The summed E-state index contributed by atoms with van der Waals surface area (Å²) in [5, 5.41) is 0. The Bertz CT molecular complexity index is 570. The number of hydrogen-bond donors (Lipinski definition) is 0. The van der Waals surface area contributed by atoms with Crippen LogP contribution in [0.3, 0.4) is 0 Å². The van der Waals surface area contributed by atoms with Gasteiger partial charge in [0.25, 0.3) is 5.91 Å². The molecule has 5 heteroatoms. The molecular weight excluding hydrogens is 314 g/mol. The van der Waals surface area contributed by atoms with Crippen LogP contribution in [0, 0.1) is 5.92 Å². The van der Waals surface area contributed by atoms with Crippen molar-refractivity contribution in [1.82, 2.24) is 9.80 Å². The molecule has 0 N–H and O–H groups in total. The quantitative estimate of drug-likeness (QED) is 0.839. The van der Waals surface area contributed by atoms with Gasteiger partial charge in [-0.1, -0.05) is 26.0 Å². The zero-order valence-corrected chi connectivity index (χ0v) is 15.6. The summed E-state index contributed by atoms with van der Waals surface area (Å²) in [4.78, 5) is 20.0. The molecular formula is C20H31N3O2. The first-order valence-corrected chi connectivity index (χ1v) is 9.58. The second-order valence-electron chi connectivity index (χ2n) is 7.46. The average molecular weight is 345 g/mol. The van der Waals surface area contributed by atoms with E-state index in [4.69, 9.17) is 4.74 Å². The summed E-state index contributed by atoms with van der Waals surface area (Å²) in [6.45, 7) is 12.5. The number of morpholine rings is 1. The summed E-state index contributed by atoms with van der Waals surface area (Å²) >= 11 is 0. The van der Waals surface area contributed by atoms with E-state index in [9.17, 15) is 4.79 Å². The number of hydrogen-bond acceptors (Lipinski definition) is 4. The van der Waals surface area contributed by atoms with Crippen molar-refractivity contribution in [1.29, 1.82) is 0 Å². The first-order valence-electron chi connectivity index (χ1n) is 9.58. The number of carbonyl (C=O) groups is 1. The van der Waals surface area contributed by atoms with Crippen molar-refractivity contribution in [2.24, 2.45) is 5.92 Å². The third kappa shape index (κ3) is 4.73. The zero-order chi connectivity index (χ0) is 17.6. The Morgan fingerprint density at radius 3 is 2.56 bits per heavy atom. The van der Waals surface area contributed by atoms with Crippen LogP contribution in [0.2, 0.25) is 0 Å². The van der Waals surface area contributed by atoms with Crippen LogP contribution >= 0.6 is 0 Å². The number of anilines is 1. The van der Waals surface area contributed by atoms with E-state index < -0.39 is 0 Å². The number of amides is 1. The highest BCUT2D eigenvalue weighted by molar-refractivity contribution is 5.99. The lowest BCUT2D eigenvalue weighted by molar-refractivity contribution is 0.0760. The molecule has 2 fully saturated rings. The summed E-state index contributed by atoms with van der Waals surface area (Å²) in [5.41, 5.74) is 1.89. The molecule has 0 saturated carbocycles. The molecule has 0 aliphatic carbocycles. The van der Waals surface area contributed by atoms with E-state index in [-0.39, 0.29) is 5.91 Å². The van der Waals surface area contributed by atoms with Crippen molar-refractivity contribution < 1.29 is 9.53 Å². The number of para-hydroxylation sites is 1. The molecule has 2 aliphatic heterocycles. The molecule has 1 aromatic rings. The molecule has 3 rings (SSSR count). The fraction of sp³-hybridized carbons (Fsp3) is 0.650. The van der Waals surface area contributed by atoms with Crippen molar-refractivity contribution >= 4 is 11.6 Å². The van der Waals surface area contributed by atoms with Crippen LogP contribution in [0.15, 0.2) is 24.3 Å². The highest BCUT2D eigenvalue weighted by Crippen LogP contribution is 2.23. The van der Waals surface area contributed by atoms with Crippen molar-refractivity contribution in [3.63, 3.8) is 0 Å². The number of nitrogens with zero attached hydrogens (tertiary/aromatic N) is 3. The molecule has 0 atom stereocenters. The molecule has 0 spiro atoms. The van der Waals surface area contributed by atoms with Crippen molar-refractivity contribution in [3.8, 4) is 0 Å². The summed E-state index contributed by atoms with van der Waals surface area (Å²) in [6.07, 6.45) is 1.05. The van der Waals surface area contributed by atoms with E-state index in [1.165, 1.54) is 0 Å². The van der Waals surface area contributed by atoms with Crippen LogP contribution < -0.4 is 4.90 Å². The van der Waals surface area contributed by atoms with Crippen LogP contribution in [0.25, 0.3) is 0 Å². The van der Waals surface area contributed by atoms with Gasteiger partial charge in [-0.25, -0.2) is 0 Å². The molecule has 25 heavy (non-hydrogen) atoms. The van der Waals surface area contributed by atoms with Crippen LogP contribution in [0.4, 0.5) is 5.69 Å². The molecule has 1 amide bonds. The molecule has 1 aromatic carbocycles. The fourth-order valence-electron chi connectivity index (χ4n) is 3.78. The lowest BCUT2D eigenvalue weighted by Gasteiger charge is -2.31. The van der Waals surface area contributed by atoms with Gasteiger partial charge in [0.1, 0.15) is 0 Å². The Morgan fingerprint density at radius 2 is 1.80 bits per heavy atom. The Labute approximate surface area is 151 Å². The standard InChI is InChI=1S/C20H31N3O2/c1-17(2)16-21-8-5-9-23(11-10-21)20(24)18-6-3-4-7-19(18)22-12-14-25-15-13-22/h3-4,6-7,17H,5,8-16H2,1-2H3. The van der Waals surface area contributed by atoms with Gasteiger partial charge >= 0.3 is 0 Å². The minimum Gasteiger partial charge on any atom is -0.378 e. The van der Waals surface area contributed by atoms with Crippen LogP contribution in [-0.4, -0.2) is 74.7 Å². The number of rotatable bonds is 4. The van der Waals surface area contributed by atoms with Gasteiger partial charge in [-0.05, 0) is 31.0 Å². The molecule has 138 valence electrons. The largest absolute Gasteiger partial charge is 0.378 e. The van der Waals surface area contributed by atoms with E-state index >= 15 is 0 Å². The van der Waals surface area contributed by atoms with Crippen molar-refractivity contribution in [3.05, 3.63) is 29.8 Å². The van der Waals surface area contributed by atoms with E-state index in [1.807, 2.05) is 23.1 Å². The zero-order valence-electron chi connectivity index (χ0n) is 15.6. The van der Waals surface area contributed by atoms with E-state index in [0.717, 1.165) is 76.7 Å². The SMILES string of the molecule is CC(C)CN1CCCN(C(=O)c2ccccc2N2CCOCC2)CC1. The lowest BCUT2D eigenvalue weighted by Crippen LogP contribution is -2.39. The van der Waals surface area contributed by atoms with E-state index in [0.29, 0.717) is 5.92 Å². The Hall–Kier alpha value is -1.59. The topological polar surface area (TPSA) is 36.0 Å². The molecule has 0 aromatic heterocycles. The van der Waals surface area contributed by atoms with Crippen LogP contribution in [0.5, 0.6) is 0 Å². The maximum absolute atomic E-state index is 13.2. The van der Waals surface area contributed by atoms with Crippen molar-refractivity contribution in [2.45, 2.75) is 20.3 Å². The first kappa shape index (κ1) is 18.2. The summed E-state index contributed by atoms with van der Waals surface area (Å²) in [6, 6.07) is 8.04. The Balaban J connectivity index is 1.70. The molecule has 0 radical (unpaired) electrons. The highest BCUT2D eigenvalue weighted by atomic mass is 16.5. The molecule has 0 bridgehead atoms. The van der Waals surface area contributed by atoms with Gasteiger partial charge in [-0.3, -0.25) is 4.79 Å². The minimum absolute atomic E-state index is 0.175. The van der Waals surface area contributed by atoms with E-state index in [1.54, 1.807) is 0 Å².